The third-order valence-electron chi connectivity index (χ3n) is 3.27. The number of benzene rings is 2. The van der Waals surface area contributed by atoms with E-state index >= 15 is 0 Å². The third kappa shape index (κ3) is 1.77. The second kappa shape index (κ2) is 4.43. The predicted molar refractivity (Wildman–Crippen MR) is 82.1 cm³/mol. The number of rotatable bonds is 2. The van der Waals surface area contributed by atoms with Gasteiger partial charge in [-0.05, 0) is 41.1 Å². The van der Waals surface area contributed by atoms with E-state index in [4.69, 9.17) is 0 Å². The second-order valence-corrected chi connectivity index (χ2v) is 5.46. The zero-order valence-corrected chi connectivity index (χ0v) is 11.1. The van der Waals surface area contributed by atoms with Gasteiger partial charge in [-0.1, -0.05) is 49.1 Å². The molecule has 0 spiro atoms. The molecule has 0 N–H and O–H groups in total. The predicted octanol–water partition coefficient (Wildman–Crippen LogP) is 5.52. The van der Waals surface area contributed by atoms with E-state index in [1.165, 1.54) is 31.7 Å². The number of thiophene rings is 1. The number of hydrogen-bond acceptors (Lipinski definition) is 1. The lowest BCUT2D eigenvalue weighted by Crippen LogP contribution is -1.77. The minimum absolute atomic E-state index is 1.27. The summed E-state index contributed by atoms with van der Waals surface area (Å²) >= 11 is 1.81. The van der Waals surface area contributed by atoms with Crippen LogP contribution in [0.2, 0.25) is 0 Å². The maximum Gasteiger partial charge on any atom is 0.0352 e. The fourth-order valence-electron chi connectivity index (χ4n) is 2.24. The molecule has 0 radical (unpaired) electrons. The van der Waals surface area contributed by atoms with Crippen LogP contribution in [0.3, 0.4) is 0 Å². The van der Waals surface area contributed by atoms with Gasteiger partial charge in [-0.3, -0.25) is 0 Å². The molecule has 0 bridgehead atoms. The highest BCUT2D eigenvalue weighted by Gasteiger charge is 2.07. The van der Waals surface area contributed by atoms with Gasteiger partial charge in [0.15, 0.2) is 0 Å². The van der Waals surface area contributed by atoms with E-state index in [-0.39, 0.29) is 0 Å². The van der Waals surface area contributed by atoms with Crippen molar-refractivity contribution in [3.63, 3.8) is 0 Å². The van der Waals surface area contributed by atoms with E-state index < -0.39 is 0 Å². The van der Waals surface area contributed by atoms with Crippen LogP contribution in [0.5, 0.6) is 0 Å². The Kier molecular flexibility index (Phi) is 2.77. The van der Waals surface area contributed by atoms with Gasteiger partial charge in [-0.2, -0.15) is 0 Å². The van der Waals surface area contributed by atoms with E-state index in [0.29, 0.717) is 0 Å². The summed E-state index contributed by atoms with van der Waals surface area (Å²) in [6, 6.07) is 17.2. The average molecular weight is 250 g/mol. The molecule has 2 aromatic carbocycles. The van der Waals surface area contributed by atoms with Gasteiger partial charge >= 0.3 is 0 Å². The monoisotopic (exact) mass is 250 g/mol. The first-order valence-corrected chi connectivity index (χ1v) is 6.82. The molecule has 3 aromatic rings. The van der Waals surface area contributed by atoms with Gasteiger partial charge in [0, 0.05) is 9.58 Å². The van der Waals surface area contributed by atoms with Crippen LogP contribution in [0.25, 0.3) is 27.3 Å². The van der Waals surface area contributed by atoms with Crippen molar-refractivity contribution in [3.05, 3.63) is 65.6 Å². The molecule has 0 saturated carbocycles. The Hall–Kier alpha value is -1.86. The molecule has 3 rings (SSSR count). The topological polar surface area (TPSA) is 0 Å². The number of hydrogen-bond donors (Lipinski definition) is 0. The maximum absolute atomic E-state index is 3.88. The molecule has 88 valence electrons. The Morgan fingerprint density at radius 2 is 1.78 bits per heavy atom. The summed E-state index contributed by atoms with van der Waals surface area (Å²) in [4.78, 5) is 1.27. The lowest BCUT2D eigenvalue weighted by molar-refractivity contribution is 1.57. The van der Waals surface area contributed by atoms with Crippen molar-refractivity contribution in [1.29, 1.82) is 0 Å². The van der Waals surface area contributed by atoms with Gasteiger partial charge in [0.05, 0.1) is 0 Å². The molecule has 0 atom stereocenters. The van der Waals surface area contributed by atoms with E-state index in [1.807, 2.05) is 23.5 Å². The lowest BCUT2D eigenvalue weighted by atomic mass is 10.0. The minimum atomic E-state index is 1.27. The van der Waals surface area contributed by atoms with Gasteiger partial charge in [0.25, 0.3) is 0 Å². The highest BCUT2D eigenvalue weighted by atomic mass is 32.1. The Morgan fingerprint density at radius 1 is 1.00 bits per heavy atom. The van der Waals surface area contributed by atoms with Crippen molar-refractivity contribution in [2.45, 2.75) is 6.92 Å². The fourth-order valence-corrected chi connectivity index (χ4v) is 3.29. The van der Waals surface area contributed by atoms with E-state index in [2.05, 4.69) is 56.0 Å². The highest BCUT2D eigenvalue weighted by molar-refractivity contribution is 7.20. The molecular weight excluding hydrogens is 236 g/mol. The van der Waals surface area contributed by atoms with Crippen molar-refractivity contribution in [1.82, 2.24) is 0 Å². The summed E-state index contributed by atoms with van der Waals surface area (Å²) in [5, 5.41) is 1.34. The molecule has 0 amide bonds. The molecule has 1 heteroatoms. The molecule has 0 unspecified atom stereocenters. The van der Waals surface area contributed by atoms with Crippen LogP contribution in [-0.2, 0) is 0 Å². The summed E-state index contributed by atoms with van der Waals surface area (Å²) in [5.41, 5.74) is 3.88. The molecule has 1 heterocycles. The quantitative estimate of drug-likeness (QED) is 0.561. The van der Waals surface area contributed by atoms with Crippen molar-refractivity contribution in [2.24, 2.45) is 0 Å². The lowest BCUT2D eigenvalue weighted by Gasteiger charge is -2.02. The average Bonchev–Trinajstić information content (AvgIpc) is 2.76. The zero-order valence-electron chi connectivity index (χ0n) is 10.3. The zero-order chi connectivity index (χ0) is 12.5. The molecule has 0 aliphatic heterocycles. The molecular formula is C17H14S. The van der Waals surface area contributed by atoms with Crippen LogP contribution in [0.4, 0.5) is 0 Å². The Balaban J connectivity index is 2.22. The molecule has 0 saturated heterocycles. The van der Waals surface area contributed by atoms with Crippen molar-refractivity contribution < 1.29 is 0 Å². The molecule has 0 aliphatic rings. The first-order chi connectivity index (χ1) is 8.79. The summed E-state index contributed by atoms with van der Waals surface area (Å²) in [5.74, 6) is 0. The molecule has 0 aliphatic carbocycles. The van der Waals surface area contributed by atoms with Crippen LogP contribution in [0.1, 0.15) is 10.4 Å². The number of fused-ring (bicyclic) bond motifs is 1. The normalized spacial score (nSPS) is 10.7. The summed E-state index contributed by atoms with van der Waals surface area (Å²) in [7, 11) is 0. The van der Waals surface area contributed by atoms with E-state index in [9.17, 15) is 0 Å². The third-order valence-corrected chi connectivity index (χ3v) is 4.53. The van der Waals surface area contributed by atoms with Crippen LogP contribution in [0.15, 0.2) is 55.1 Å². The second-order valence-electron chi connectivity index (χ2n) is 4.37. The van der Waals surface area contributed by atoms with Crippen LogP contribution in [0, 0.1) is 6.92 Å². The first-order valence-electron chi connectivity index (χ1n) is 6.00. The Morgan fingerprint density at radius 3 is 2.50 bits per heavy atom. The SMILES string of the molecule is C=Cc1sc2ccc(-c3ccccc3)cc2c1C. The Labute approximate surface area is 111 Å². The van der Waals surface area contributed by atoms with Gasteiger partial charge in [-0.15, -0.1) is 11.3 Å². The minimum Gasteiger partial charge on any atom is -0.136 e. The van der Waals surface area contributed by atoms with Gasteiger partial charge in [0.1, 0.15) is 0 Å². The van der Waals surface area contributed by atoms with E-state index in [0.717, 1.165) is 0 Å². The fraction of sp³-hybridized carbons (Fsp3) is 0.0588. The summed E-state index contributed by atoms with van der Waals surface area (Å²) < 4.78 is 1.34. The van der Waals surface area contributed by atoms with Gasteiger partial charge in [0.2, 0.25) is 0 Å². The summed E-state index contributed by atoms with van der Waals surface area (Å²) in [6.07, 6.45) is 1.95. The molecule has 1 aromatic heterocycles. The molecule has 0 nitrogen and oxygen atoms in total. The summed E-state index contributed by atoms with van der Waals surface area (Å²) in [6.45, 7) is 6.05. The standard InChI is InChI=1S/C17H14S/c1-3-16-12(2)15-11-14(9-10-17(15)18-16)13-7-5-4-6-8-13/h3-11H,1H2,2H3. The van der Waals surface area contributed by atoms with Crippen LogP contribution >= 0.6 is 11.3 Å². The highest BCUT2D eigenvalue weighted by Crippen LogP contribution is 2.34. The van der Waals surface area contributed by atoms with Gasteiger partial charge in [-0.25, -0.2) is 0 Å². The smallest absolute Gasteiger partial charge is 0.0352 e. The van der Waals surface area contributed by atoms with Crippen molar-refractivity contribution >= 4 is 27.5 Å². The van der Waals surface area contributed by atoms with Crippen LogP contribution < -0.4 is 0 Å². The number of aryl methyl sites for hydroxylation is 1. The van der Waals surface area contributed by atoms with Crippen molar-refractivity contribution in [3.8, 4) is 11.1 Å². The first kappa shape index (κ1) is 11.2. The Bertz CT molecular complexity index is 705. The maximum atomic E-state index is 3.88. The van der Waals surface area contributed by atoms with Crippen molar-refractivity contribution in [2.75, 3.05) is 0 Å². The van der Waals surface area contributed by atoms with Gasteiger partial charge < -0.3 is 0 Å². The largest absolute Gasteiger partial charge is 0.136 e. The van der Waals surface area contributed by atoms with Crippen LogP contribution in [-0.4, -0.2) is 0 Å². The molecule has 18 heavy (non-hydrogen) atoms. The molecule has 0 fully saturated rings. The van der Waals surface area contributed by atoms with E-state index in [1.54, 1.807) is 0 Å².